The van der Waals surface area contributed by atoms with Gasteiger partial charge in [0.1, 0.15) is 24.3 Å². The summed E-state index contributed by atoms with van der Waals surface area (Å²) in [6.07, 6.45) is 2.42. The van der Waals surface area contributed by atoms with E-state index in [1.807, 2.05) is 16.7 Å². The second kappa shape index (κ2) is 11.4. The molecule has 0 bridgehead atoms. The molecule has 0 aliphatic carbocycles. The van der Waals surface area contributed by atoms with Crippen LogP contribution in [-0.4, -0.2) is 57.5 Å². The Morgan fingerprint density at radius 1 is 1.12 bits per heavy atom. The van der Waals surface area contributed by atoms with E-state index in [9.17, 15) is 14.3 Å². The molecule has 2 fully saturated rings. The lowest BCUT2D eigenvalue weighted by Gasteiger charge is -2.33. The maximum absolute atomic E-state index is 14.2. The van der Waals surface area contributed by atoms with E-state index >= 15 is 0 Å². The number of fused-ring (bicyclic) bond motifs is 1. The Bertz CT molecular complexity index is 1620. The van der Waals surface area contributed by atoms with Crippen molar-refractivity contribution in [1.29, 1.82) is 0 Å². The van der Waals surface area contributed by atoms with Crippen LogP contribution < -0.4 is 14.4 Å². The summed E-state index contributed by atoms with van der Waals surface area (Å²) in [5.74, 6) is -0.310. The third-order valence-electron chi connectivity index (χ3n) is 7.43. The van der Waals surface area contributed by atoms with Gasteiger partial charge >= 0.3 is 5.97 Å². The Hall–Kier alpha value is -4.69. The van der Waals surface area contributed by atoms with Crippen LogP contribution in [0.4, 0.5) is 15.9 Å². The molecular weight excluding hydrogens is 529 g/mol. The van der Waals surface area contributed by atoms with Crippen molar-refractivity contribution in [3.63, 3.8) is 0 Å². The Morgan fingerprint density at radius 2 is 1.95 bits per heavy atom. The number of hydrogen-bond donors (Lipinski definition) is 1. The first kappa shape index (κ1) is 26.5. The van der Waals surface area contributed by atoms with Gasteiger partial charge < -0.3 is 24.2 Å². The molecule has 0 spiro atoms. The molecule has 2 aliphatic heterocycles. The fraction of sp³-hybridized carbons (Fsp3) is 0.333. The third kappa shape index (κ3) is 5.78. The van der Waals surface area contributed by atoms with Crippen molar-refractivity contribution in [1.82, 2.24) is 14.5 Å². The van der Waals surface area contributed by atoms with E-state index in [0.717, 1.165) is 37.2 Å². The highest BCUT2D eigenvalue weighted by atomic mass is 19.1. The molecule has 11 heteroatoms. The fourth-order valence-electron chi connectivity index (χ4n) is 5.02. The highest BCUT2D eigenvalue weighted by molar-refractivity contribution is 5.92. The molecular formula is C30H28FN5O5. The number of aromatic nitrogens is 3. The van der Waals surface area contributed by atoms with Gasteiger partial charge in [0.25, 0.3) is 6.01 Å². The maximum atomic E-state index is 14.2. The summed E-state index contributed by atoms with van der Waals surface area (Å²) in [5.41, 5.74) is 2.21. The first-order valence-electron chi connectivity index (χ1n) is 13.5. The van der Waals surface area contributed by atoms with E-state index in [2.05, 4.69) is 19.7 Å². The molecule has 0 amide bonds. The molecule has 210 valence electrons. The lowest BCUT2D eigenvalue weighted by Crippen LogP contribution is -2.39. The predicted molar refractivity (Wildman–Crippen MR) is 148 cm³/mol. The molecule has 0 saturated carbocycles. The van der Waals surface area contributed by atoms with Crippen molar-refractivity contribution in [2.75, 3.05) is 24.6 Å². The van der Waals surface area contributed by atoms with Gasteiger partial charge in [-0.3, -0.25) is 4.57 Å². The van der Waals surface area contributed by atoms with Crippen LogP contribution in [0.25, 0.3) is 15.9 Å². The maximum Gasteiger partial charge on any atom is 0.335 e. The molecule has 1 unspecified atom stereocenters. The van der Waals surface area contributed by atoms with Gasteiger partial charge in [-0.15, -0.1) is 0 Å². The minimum atomic E-state index is -0.986. The van der Waals surface area contributed by atoms with Crippen LogP contribution in [0.5, 0.6) is 11.9 Å². The van der Waals surface area contributed by atoms with Gasteiger partial charge in [0.15, 0.2) is 5.69 Å². The number of hydrogen-bond acceptors (Lipinski definition) is 7. The second-order valence-corrected chi connectivity index (χ2v) is 10.1. The van der Waals surface area contributed by atoms with Crippen LogP contribution in [0, 0.1) is 12.4 Å². The molecule has 4 aromatic rings. The van der Waals surface area contributed by atoms with Gasteiger partial charge in [0.05, 0.1) is 35.8 Å². The number of ether oxygens (including phenoxy) is 3. The van der Waals surface area contributed by atoms with Gasteiger partial charge in [-0.2, -0.15) is 9.97 Å². The fourth-order valence-corrected chi connectivity index (χ4v) is 5.02. The number of carboxylic acids is 1. The summed E-state index contributed by atoms with van der Waals surface area (Å²) in [5, 5.41) is 9.46. The molecule has 2 aromatic heterocycles. The summed E-state index contributed by atoms with van der Waals surface area (Å²) in [6.45, 7) is 9.71. The number of piperidine rings is 1. The summed E-state index contributed by atoms with van der Waals surface area (Å²) >= 11 is 0. The molecule has 4 heterocycles. The van der Waals surface area contributed by atoms with Crippen LogP contribution in [-0.2, 0) is 17.9 Å². The molecule has 41 heavy (non-hydrogen) atoms. The van der Waals surface area contributed by atoms with Gasteiger partial charge in [-0.25, -0.2) is 14.0 Å². The first-order chi connectivity index (χ1) is 20.0. The van der Waals surface area contributed by atoms with Gasteiger partial charge in [0.2, 0.25) is 5.88 Å². The van der Waals surface area contributed by atoms with Gasteiger partial charge in [0, 0.05) is 44.2 Å². The van der Waals surface area contributed by atoms with Crippen LogP contribution in [0.15, 0.2) is 54.6 Å². The largest absolute Gasteiger partial charge is 0.478 e. The molecule has 0 radical (unpaired) electrons. The topological polar surface area (TPSA) is 103 Å². The van der Waals surface area contributed by atoms with Crippen molar-refractivity contribution in [2.24, 2.45) is 0 Å². The predicted octanol–water partition coefficient (Wildman–Crippen LogP) is 5.24. The standard InChI is InChI=1S/C30H28FN5O5/c1-32-21-7-5-20(24(31)16-21)18-40-28-4-2-3-27(34-28)35-12-9-22(10-13-35)41-30-33-25-8-6-19(29(37)38)15-26(25)36(30)17-23-11-14-39-23/h2-8,15-16,22-23H,9-14,17-18H2,(H,37,38). The lowest BCUT2D eigenvalue weighted by atomic mass is 10.1. The molecule has 2 saturated heterocycles. The van der Waals surface area contributed by atoms with E-state index in [1.54, 1.807) is 36.4 Å². The SMILES string of the molecule is [C-]#[N+]c1ccc(COc2cccc(N3CCC(Oc4nc5ccc(C(=O)O)cc5n4CC4CCO4)CC3)n2)c(F)c1. The second-order valence-electron chi connectivity index (χ2n) is 10.1. The Labute approximate surface area is 235 Å². The average molecular weight is 558 g/mol. The van der Waals surface area contributed by atoms with Crippen molar-refractivity contribution < 1.29 is 28.5 Å². The minimum absolute atomic E-state index is 0.0112. The van der Waals surface area contributed by atoms with Crippen molar-refractivity contribution >= 4 is 28.5 Å². The Kier molecular flexibility index (Phi) is 7.39. The zero-order chi connectivity index (χ0) is 28.3. The minimum Gasteiger partial charge on any atom is -0.478 e. The van der Waals surface area contributed by atoms with E-state index in [0.29, 0.717) is 42.6 Å². The van der Waals surface area contributed by atoms with Gasteiger partial charge in [-0.1, -0.05) is 18.2 Å². The smallest absolute Gasteiger partial charge is 0.335 e. The number of nitrogens with zero attached hydrogens (tertiary/aromatic N) is 5. The van der Waals surface area contributed by atoms with Crippen LogP contribution in [0.1, 0.15) is 35.2 Å². The summed E-state index contributed by atoms with van der Waals surface area (Å²) in [7, 11) is 0. The zero-order valence-electron chi connectivity index (χ0n) is 22.2. The van der Waals surface area contributed by atoms with Crippen molar-refractivity contribution in [3.8, 4) is 11.9 Å². The summed E-state index contributed by atoms with van der Waals surface area (Å²) in [6, 6.07) is 15.2. The normalized spacial score (nSPS) is 17.2. The third-order valence-corrected chi connectivity index (χ3v) is 7.43. The number of imidazole rings is 1. The van der Waals surface area contributed by atoms with Crippen LogP contribution in [0.3, 0.4) is 0 Å². The zero-order valence-corrected chi connectivity index (χ0v) is 22.2. The summed E-state index contributed by atoms with van der Waals surface area (Å²) < 4.78 is 33.9. The summed E-state index contributed by atoms with van der Waals surface area (Å²) in [4.78, 5) is 26.2. The number of carboxylic acid groups (broad SMARTS) is 1. The molecule has 1 atom stereocenters. The monoisotopic (exact) mass is 557 g/mol. The molecule has 1 N–H and O–H groups in total. The lowest BCUT2D eigenvalue weighted by molar-refractivity contribution is -0.0600. The number of carbonyl (C=O) groups is 1. The number of halogens is 1. The number of anilines is 1. The molecule has 2 aliphatic rings. The van der Waals surface area contributed by atoms with E-state index in [1.165, 1.54) is 6.07 Å². The molecule has 2 aromatic carbocycles. The van der Waals surface area contributed by atoms with Crippen molar-refractivity contribution in [2.45, 2.75) is 44.6 Å². The Balaban J connectivity index is 1.10. The van der Waals surface area contributed by atoms with Crippen LogP contribution in [0.2, 0.25) is 0 Å². The van der Waals surface area contributed by atoms with Crippen molar-refractivity contribution in [3.05, 3.63) is 83.0 Å². The average Bonchev–Trinajstić information content (AvgIpc) is 3.30. The first-order valence-corrected chi connectivity index (χ1v) is 13.5. The highest BCUT2D eigenvalue weighted by Gasteiger charge is 2.27. The molecule has 10 nitrogen and oxygen atoms in total. The van der Waals surface area contributed by atoms with E-state index in [-0.39, 0.29) is 30.1 Å². The van der Waals surface area contributed by atoms with Crippen LogP contribution >= 0.6 is 0 Å². The Morgan fingerprint density at radius 3 is 2.66 bits per heavy atom. The highest BCUT2D eigenvalue weighted by Crippen LogP contribution is 2.29. The number of aromatic carboxylic acids is 1. The number of benzene rings is 2. The van der Waals surface area contributed by atoms with Gasteiger partial charge in [-0.05, 0) is 36.8 Å². The number of pyridine rings is 1. The number of rotatable bonds is 9. The quantitative estimate of drug-likeness (QED) is 0.279. The molecule has 6 rings (SSSR count). The van der Waals surface area contributed by atoms with E-state index < -0.39 is 11.8 Å². The van der Waals surface area contributed by atoms with E-state index in [4.69, 9.17) is 20.8 Å².